The molecule has 19 heavy (non-hydrogen) atoms. The Morgan fingerprint density at radius 2 is 1.95 bits per heavy atom. The highest BCUT2D eigenvalue weighted by atomic mass is 35.5. The summed E-state index contributed by atoms with van der Waals surface area (Å²) in [4.78, 5) is 12.6. The summed E-state index contributed by atoms with van der Waals surface area (Å²) in [6.07, 6.45) is 9.58. The minimum absolute atomic E-state index is 0.115. The van der Waals surface area contributed by atoms with Crippen LogP contribution in [-0.2, 0) is 11.2 Å². The summed E-state index contributed by atoms with van der Waals surface area (Å²) in [7, 11) is 0. The fourth-order valence-corrected chi connectivity index (χ4v) is 3.20. The van der Waals surface area contributed by atoms with Crippen molar-refractivity contribution in [3.05, 3.63) is 47.0 Å². The van der Waals surface area contributed by atoms with Crippen molar-refractivity contribution in [1.82, 2.24) is 0 Å². The van der Waals surface area contributed by atoms with Gasteiger partial charge in [0.15, 0.2) is 0 Å². The lowest BCUT2D eigenvalue weighted by Crippen LogP contribution is -2.28. The number of carbonyl (C=O) groups is 1. The molecule has 0 radical (unpaired) electrons. The quantitative estimate of drug-likeness (QED) is 0.670. The van der Waals surface area contributed by atoms with Crippen LogP contribution in [0.15, 0.2) is 36.4 Å². The van der Waals surface area contributed by atoms with E-state index in [1.54, 1.807) is 0 Å². The minimum atomic E-state index is -0.115. The van der Waals surface area contributed by atoms with Gasteiger partial charge >= 0.3 is 0 Å². The maximum absolute atomic E-state index is 12.6. The van der Waals surface area contributed by atoms with Crippen LogP contribution in [0, 0.1) is 5.41 Å². The third kappa shape index (κ3) is 3.27. The molecular weight excluding hydrogens is 256 g/mol. The van der Waals surface area contributed by atoms with E-state index in [0.717, 1.165) is 42.7 Å². The van der Waals surface area contributed by atoms with Crippen LogP contribution in [0.2, 0.25) is 5.02 Å². The normalized spacial score (nSPS) is 16.7. The molecule has 1 aliphatic rings. The number of carbonyl (C=O) groups excluding carboxylic acids is 1. The molecule has 1 nitrogen and oxygen atoms in total. The van der Waals surface area contributed by atoms with E-state index in [-0.39, 0.29) is 5.41 Å². The molecule has 0 spiro atoms. The molecule has 2 heteroatoms. The number of hydrogen-bond acceptors (Lipinski definition) is 1. The summed E-state index contributed by atoms with van der Waals surface area (Å²) < 4.78 is 0. The number of benzene rings is 1. The molecule has 1 aromatic carbocycles. The fraction of sp³-hybridized carbons (Fsp3) is 0.471. The lowest BCUT2D eigenvalue weighted by molar-refractivity contribution is -0.128. The average molecular weight is 277 g/mol. The standard InChI is InChI=1S/C17H21ClO/c1-2-11-17(12-5-6-13-17)16(19)10-9-14-7-3-4-8-15(14)18/h3-8H,2,9-13H2,1H3. The number of allylic oxidation sites excluding steroid dienone is 2. The first-order valence-corrected chi connectivity index (χ1v) is 7.47. The maximum Gasteiger partial charge on any atom is 0.139 e. The topological polar surface area (TPSA) is 17.1 Å². The zero-order valence-corrected chi connectivity index (χ0v) is 12.2. The first kappa shape index (κ1) is 14.3. The van der Waals surface area contributed by atoms with Gasteiger partial charge in [-0.1, -0.05) is 55.3 Å². The number of hydrogen-bond donors (Lipinski definition) is 0. The fourth-order valence-electron chi connectivity index (χ4n) is 2.97. The Kier molecular flexibility index (Phi) is 4.81. The predicted molar refractivity (Wildman–Crippen MR) is 80.5 cm³/mol. The molecule has 0 fully saturated rings. The monoisotopic (exact) mass is 276 g/mol. The van der Waals surface area contributed by atoms with Crippen molar-refractivity contribution >= 4 is 17.4 Å². The van der Waals surface area contributed by atoms with E-state index in [1.165, 1.54) is 0 Å². The van der Waals surface area contributed by atoms with Gasteiger partial charge in [-0.3, -0.25) is 4.79 Å². The van der Waals surface area contributed by atoms with E-state index >= 15 is 0 Å². The zero-order valence-electron chi connectivity index (χ0n) is 11.5. The molecule has 1 aromatic rings. The molecular formula is C17H21ClO. The molecule has 0 aliphatic heterocycles. The van der Waals surface area contributed by atoms with Crippen LogP contribution in [-0.4, -0.2) is 5.78 Å². The highest BCUT2D eigenvalue weighted by molar-refractivity contribution is 6.31. The molecule has 2 rings (SSSR count). The van der Waals surface area contributed by atoms with Crippen molar-refractivity contribution in [2.45, 2.75) is 45.4 Å². The largest absolute Gasteiger partial charge is 0.299 e. The molecule has 0 N–H and O–H groups in total. The number of ketones is 1. The average Bonchev–Trinajstić information content (AvgIpc) is 2.88. The Bertz CT molecular complexity index is 468. The van der Waals surface area contributed by atoms with Gasteiger partial charge in [0.2, 0.25) is 0 Å². The Morgan fingerprint density at radius 3 is 2.58 bits per heavy atom. The van der Waals surface area contributed by atoms with E-state index in [0.29, 0.717) is 12.2 Å². The highest BCUT2D eigenvalue weighted by Crippen LogP contribution is 2.40. The lowest BCUT2D eigenvalue weighted by atomic mass is 9.75. The number of halogens is 1. The number of rotatable bonds is 6. The molecule has 0 heterocycles. The molecule has 0 amide bonds. The SMILES string of the molecule is CCCC1(C(=O)CCc2ccccc2Cl)CC=CC1. The molecule has 0 saturated heterocycles. The van der Waals surface area contributed by atoms with Crippen molar-refractivity contribution in [3.8, 4) is 0 Å². The predicted octanol–water partition coefficient (Wildman–Crippen LogP) is 4.98. The van der Waals surface area contributed by atoms with Gasteiger partial charge in [0, 0.05) is 16.9 Å². The minimum Gasteiger partial charge on any atom is -0.299 e. The smallest absolute Gasteiger partial charge is 0.139 e. The molecule has 1 aliphatic carbocycles. The Labute approximate surface area is 120 Å². The van der Waals surface area contributed by atoms with Crippen molar-refractivity contribution in [2.75, 3.05) is 0 Å². The zero-order chi connectivity index (χ0) is 13.7. The van der Waals surface area contributed by atoms with E-state index < -0.39 is 0 Å². The second kappa shape index (κ2) is 6.38. The molecule has 0 saturated carbocycles. The third-order valence-corrected chi connectivity index (χ3v) is 4.45. The van der Waals surface area contributed by atoms with Gasteiger partial charge in [-0.25, -0.2) is 0 Å². The summed E-state index contributed by atoms with van der Waals surface area (Å²) in [6.45, 7) is 2.15. The summed E-state index contributed by atoms with van der Waals surface area (Å²) in [6, 6.07) is 7.80. The highest BCUT2D eigenvalue weighted by Gasteiger charge is 2.36. The Hall–Kier alpha value is -1.08. The third-order valence-electron chi connectivity index (χ3n) is 4.08. The lowest BCUT2D eigenvalue weighted by Gasteiger charge is -2.27. The summed E-state index contributed by atoms with van der Waals surface area (Å²) in [5, 5.41) is 0.768. The summed E-state index contributed by atoms with van der Waals surface area (Å²) >= 11 is 6.14. The van der Waals surface area contributed by atoms with E-state index in [1.807, 2.05) is 24.3 Å². The van der Waals surface area contributed by atoms with Crippen LogP contribution in [0.1, 0.15) is 44.6 Å². The first-order chi connectivity index (χ1) is 9.18. The number of Topliss-reactive ketones (excluding diaryl/α,β-unsaturated/α-hetero) is 1. The van der Waals surface area contributed by atoms with Crippen molar-refractivity contribution in [1.29, 1.82) is 0 Å². The van der Waals surface area contributed by atoms with Crippen LogP contribution in [0.5, 0.6) is 0 Å². The van der Waals surface area contributed by atoms with Crippen molar-refractivity contribution < 1.29 is 4.79 Å². The second-order valence-corrected chi connectivity index (χ2v) is 5.83. The van der Waals surface area contributed by atoms with Gasteiger partial charge in [-0.2, -0.15) is 0 Å². The molecule has 0 unspecified atom stereocenters. The van der Waals surface area contributed by atoms with Crippen LogP contribution < -0.4 is 0 Å². The van der Waals surface area contributed by atoms with Crippen LogP contribution in [0.4, 0.5) is 0 Å². The van der Waals surface area contributed by atoms with Crippen molar-refractivity contribution in [2.24, 2.45) is 5.41 Å². The molecule has 0 atom stereocenters. The van der Waals surface area contributed by atoms with Crippen LogP contribution in [0.3, 0.4) is 0 Å². The van der Waals surface area contributed by atoms with Crippen LogP contribution >= 0.6 is 11.6 Å². The van der Waals surface area contributed by atoms with Gasteiger partial charge in [-0.05, 0) is 37.3 Å². The maximum atomic E-state index is 12.6. The van der Waals surface area contributed by atoms with E-state index in [2.05, 4.69) is 19.1 Å². The Balaban J connectivity index is 1.99. The molecule has 0 bridgehead atoms. The number of aryl methyl sites for hydroxylation is 1. The molecule has 0 aromatic heterocycles. The van der Waals surface area contributed by atoms with Crippen LogP contribution in [0.25, 0.3) is 0 Å². The Morgan fingerprint density at radius 1 is 1.26 bits per heavy atom. The van der Waals surface area contributed by atoms with E-state index in [9.17, 15) is 4.79 Å². The van der Waals surface area contributed by atoms with Gasteiger partial charge in [0.25, 0.3) is 0 Å². The molecule has 102 valence electrons. The van der Waals surface area contributed by atoms with Gasteiger partial charge < -0.3 is 0 Å². The van der Waals surface area contributed by atoms with Gasteiger partial charge in [0.1, 0.15) is 5.78 Å². The van der Waals surface area contributed by atoms with E-state index in [4.69, 9.17) is 11.6 Å². The van der Waals surface area contributed by atoms with Gasteiger partial charge in [-0.15, -0.1) is 0 Å². The summed E-state index contributed by atoms with van der Waals surface area (Å²) in [5.74, 6) is 0.402. The van der Waals surface area contributed by atoms with Gasteiger partial charge in [0.05, 0.1) is 0 Å². The summed E-state index contributed by atoms with van der Waals surface area (Å²) in [5.41, 5.74) is 0.964. The second-order valence-electron chi connectivity index (χ2n) is 5.42. The first-order valence-electron chi connectivity index (χ1n) is 7.10. The van der Waals surface area contributed by atoms with Crippen molar-refractivity contribution in [3.63, 3.8) is 0 Å².